The van der Waals surface area contributed by atoms with Crippen molar-refractivity contribution >= 4 is 23.3 Å². The smallest absolute Gasteiger partial charge is 0.173 e. The molecule has 5 nitrogen and oxygen atoms in total. The normalized spacial score (nSPS) is 22.8. The maximum Gasteiger partial charge on any atom is 0.173 e. The van der Waals surface area contributed by atoms with E-state index in [1.54, 1.807) is 11.8 Å². The van der Waals surface area contributed by atoms with Crippen molar-refractivity contribution in [1.29, 1.82) is 0 Å². The number of oxime groups is 1. The molecular weight excluding hydrogens is 286 g/mol. The van der Waals surface area contributed by atoms with Gasteiger partial charge in [0.1, 0.15) is 0 Å². The first-order chi connectivity index (χ1) is 10.1. The van der Waals surface area contributed by atoms with Crippen molar-refractivity contribution in [3.8, 4) is 0 Å². The van der Waals surface area contributed by atoms with Crippen LogP contribution in [0, 0.1) is 5.92 Å². The minimum atomic E-state index is 0.0807. The van der Waals surface area contributed by atoms with Crippen molar-refractivity contribution in [2.45, 2.75) is 31.2 Å². The zero-order chi connectivity index (χ0) is 15.4. The zero-order valence-electron chi connectivity index (χ0n) is 12.5. The van der Waals surface area contributed by atoms with E-state index in [0.717, 1.165) is 34.9 Å². The van der Waals surface area contributed by atoms with Crippen LogP contribution in [0.5, 0.6) is 0 Å². The maximum absolute atomic E-state index is 9.67. The van der Waals surface area contributed by atoms with E-state index < -0.39 is 0 Å². The quantitative estimate of drug-likeness (QED) is 0.255. The molecule has 1 aromatic carbocycles. The third kappa shape index (κ3) is 3.11. The average molecular weight is 309 g/mol. The molecule has 0 saturated carbocycles. The summed E-state index contributed by atoms with van der Waals surface area (Å²) in [5.74, 6) is 1.46. The Bertz CT molecular complexity index is 522. The number of benzene rings is 1. The monoisotopic (exact) mass is 309 g/mol. The van der Waals surface area contributed by atoms with Crippen LogP contribution in [0.25, 0.3) is 0 Å². The van der Waals surface area contributed by atoms with E-state index in [0.29, 0.717) is 5.92 Å². The van der Waals surface area contributed by atoms with Gasteiger partial charge in [0.2, 0.25) is 0 Å². The van der Waals surface area contributed by atoms with E-state index in [1.807, 2.05) is 18.2 Å². The lowest BCUT2D eigenvalue weighted by atomic mass is 10.0. The van der Waals surface area contributed by atoms with Crippen molar-refractivity contribution in [2.75, 3.05) is 23.8 Å². The predicted octanol–water partition coefficient (Wildman–Crippen LogP) is 2.10. The zero-order valence-corrected chi connectivity index (χ0v) is 13.3. The summed E-state index contributed by atoms with van der Waals surface area (Å²) in [6.45, 7) is 5.21. The molecule has 0 radical (unpaired) electrons. The third-order valence-electron chi connectivity index (χ3n) is 4.05. The molecule has 4 N–H and O–H groups in total. The maximum atomic E-state index is 9.67. The van der Waals surface area contributed by atoms with Gasteiger partial charge in [-0.1, -0.05) is 25.1 Å². The Morgan fingerprint density at radius 2 is 2.29 bits per heavy atom. The highest BCUT2D eigenvalue weighted by molar-refractivity contribution is 7.99. The van der Waals surface area contributed by atoms with Crippen LogP contribution < -0.4 is 10.6 Å². The molecule has 0 spiro atoms. The molecule has 1 saturated heterocycles. The SMILES string of the molecule is CCSc1cccc(N2CCC(C)C2CO)c1/C(N)=N/O. The molecule has 116 valence electrons. The molecular formula is C15H23N3O2S. The lowest BCUT2D eigenvalue weighted by Gasteiger charge is -2.29. The Balaban J connectivity index is 2.50. The van der Waals surface area contributed by atoms with E-state index in [9.17, 15) is 5.11 Å². The summed E-state index contributed by atoms with van der Waals surface area (Å²) in [6, 6.07) is 6.03. The summed E-state index contributed by atoms with van der Waals surface area (Å²) in [5.41, 5.74) is 7.61. The fourth-order valence-corrected chi connectivity index (χ4v) is 3.77. The molecule has 0 aliphatic carbocycles. The lowest BCUT2D eigenvalue weighted by Crippen LogP contribution is -2.36. The average Bonchev–Trinajstić information content (AvgIpc) is 2.87. The third-order valence-corrected chi connectivity index (χ3v) is 4.99. The lowest BCUT2D eigenvalue weighted by molar-refractivity contribution is 0.244. The Kier molecular flexibility index (Phi) is 5.36. The van der Waals surface area contributed by atoms with Crippen LogP contribution in [0.1, 0.15) is 25.8 Å². The van der Waals surface area contributed by atoms with Crippen LogP contribution in [-0.4, -0.2) is 41.1 Å². The van der Waals surface area contributed by atoms with Crippen LogP contribution in [0.4, 0.5) is 5.69 Å². The molecule has 1 fully saturated rings. The summed E-state index contributed by atoms with van der Waals surface area (Å²) in [6.07, 6.45) is 1.03. The number of nitrogens with zero attached hydrogens (tertiary/aromatic N) is 2. The minimum absolute atomic E-state index is 0.0807. The topological polar surface area (TPSA) is 82.1 Å². The second-order valence-corrected chi connectivity index (χ2v) is 6.58. The van der Waals surface area contributed by atoms with Gasteiger partial charge in [-0.25, -0.2) is 0 Å². The van der Waals surface area contributed by atoms with Gasteiger partial charge in [0, 0.05) is 17.1 Å². The van der Waals surface area contributed by atoms with E-state index in [-0.39, 0.29) is 18.5 Å². The number of aliphatic hydroxyl groups is 1. The Morgan fingerprint density at radius 3 is 2.90 bits per heavy atom. The van der Waals surface area contributed by atoms with E-state index in [1.165, 1.54) is 0 Å². The van der Waals surface area contributed by atoms with Gasteiger partial charge in [0.25, 0.3) is 0 Å². The van der Waals surface area contributed by atoms with Crippen molar-refractivity contribution < 1.29 is 10.3 Å². The van der Waals surface area contributed by atoms with Crippen molar-refractivity contribution in [1.82, 2.24) is 0 Å². The van der Waals surface area contributed by atoms with Gasteiger partial charge in [0.05, 0.1) is 18.2 Å². The fraction of sp³-hybridized carbons (Fsp3) is 0.533. The molecule has 0 bridgehead atoms. The second kappa shape index (κ2) is 7.04. The summed E-state index contributed by atoms with van der Waals surface area (Å²) in [4.78, 5) is 3.18. The molecule has 21 heavy (non-hydrogen) atoms. The molecule has 1 aliphatic rings. The first-order valence-corrected chi connectivity index (χ1v) is 8.23. The first-order valence-electron chi connectivity index (χ1n) is 7.25. The van der Waals surface area contributed by atoms with Crippen molar-refractivity contribution in [3.63, 3.8) is 0 Å². The number of thioether (sulfide) groups is 1. The van der Waals surface area contributed by atoms with Crippen LogP contribution in [0.2, 0.25) is 0 Å². The Hall–Kier alpha value is -1.40. The highest BCUT2D eigenvalue weighted by Crippen LogP contribution is 2.36. The first kappa shape index (κ1) is 16.0. The van der Waals surface area contributed by atoms with Gasteiger partial charge in [-0.05, 0) is 30.2 Å². The van der Waals surface area contributed by atoms with Gasteiger partial charge < -0.3 is 20.9 Å². The fourth-order valence-electron chi connectivity index (χ4n) is 2.93. The molecule has 0 amide bonds. The van der Waals surface area contributed by atoms with Gasteiger partial charge in [0.15, 0.2) is 5.84 Å². The van der Waals surface area contributed by atoms with Crippen molar-refractivity contribution in [2.24, 2.45) is 16.8 Å². The number of hydrogen-bond donors (Lipinski definition) is 3. The minimum Gasteiger partial charge on any atom is -0.409 e. The van der Waals surface area contributed by atoms with Crippen LogP contribution in [-0.2, 0) is 0 Å². The largest absolute Gasteiger partial charge is 0.409 e. The Morgan fingerprint density at radius 1 is 1.52 bits per heavy atom. The molecule has 6 heteroatoms. The van der Waals surface area contributed by atoms with E-state index in [2.05, 4.69) is 23.9 Å². The molecule has 1 aromatic rings. The summed E-state index contributed by atoms with van der Waals surface area (Å²) < 4.78 is 0. The van der Waals surface area contributed by atoms with Gasteiger partial charge in [-0.3, -0.25) is 0 Å². The van der Waals surface area contributed by atoms with Gasteiger partial charge in [-0.15, -0.1) is 11.8 Å². The molecule has 1 heterocycles. The van der Waals surface area contributed by atoms with Gasteiger partial charge in [-0.2, -0.15) is 0 Å². The number of aliphatic hydroxyl groups excluding tert-OH is 1. The number of rotatable bonds is 5. The second-order valence-electron chi connectivity index (χ2n) is 5.28. The summed E-state index contributed by atoms with van der Waals surface area (Å²) >= 11 is 1.67. The molecule has 1 aliphatic heterocycles. The van der Waals surface area contributed by atoms with Crippen LogP contribution >= 0.6 is 11.8 Å². The summed E-state index contributed by atoms with van der Waals surface area (Å²) in [5, 5.41) is 22.0. The standard InChI is InChI=1S/C15H23N3O2S/c1-3-21-13-6-4-5-11(14(13)15(16)17-20)18-8-7-10(2)12(18)9-19/h4-6,10,12,19-20H,3,7-9H2,1-2H3,(H2,16,17). The molecule has 0 aromatic heterocycles. The highest BCUT2D eigenvalue weighted by Gasteiger charge is 2.32. The van der Waals surface area contributed by atoms with Gasteiger partial charge >= 0.3 is 0 Å². The summed E-state index contributed by atoms with van der Waals surface area (Å²) in [7, 11) is 0. The Labute approximate surface area is 129 Å². The highest BCUT2D eigenvalue weighted by atomic mass is 32.2. The number of hydrogen-bond acceptors (Lipinski definition) is 5. The predicted molar refractivity (Wildman–Crippen MR) is 87.4 cm³/mol. The number of nitrogens with two attached hydrogens (primary N) is 1. The van der Waals surface area contributed by atoms with Crippen LogP contribution in [0.15, 0.2) is 28.3 Å². The van der Waals surface area contributed by atoms with E-state index in [4.69, 9.17) is 10.9 Å². The number of anilines is 1. The van der Waals surface area contributed by atoms with Crippen LogP contribution in [0.3, 0.4) is 0 Å². The van der Waals surface area contributed by atoms with Crippen molar-refractivity contribution in [3.05, 3.63) is 23.8 Å². The van der Waals surface area contributed by atoms with E-state index >= 15 is 0 Å². The molecule has 2 unspecified atom stereocenters. The molecule has 2 atom stereocenters. The molecule has 2 rings (SSSR count). The number of amidine groups is 1.